The molecular weight excluding hydrogens is 486 g/mol. The molecule has 3 N–H and O–H groups in total. The van der Waals surface area contributed by atoms with Crippen LogP contribution in [0.2, 0.25) is 0 Å². The largest absolute Gasteiger partial charge is 0.469 e. The number of aromatic nitrogens is 4. The monoisotopic (exact) mass is 507 g/mol. The van der Waals surface area contributed by atoms with Crippen molar-refractivity contribution in [3.05, 3.63) is 58.8 Å². The van der Waals surface area contributed by atoms with E-state index in [1.807, 2.05) is 4.90 Å². The first-order valence-electron chi connectivity index (χ1n) is 10.7. The summed E-state index contributed by atoms with van der Waals surface area (Å²) in [4.78, 5) is 34.3. The molecule has 4 rings (SSSR count). The van der Waals surface area contributed by atoms with Crippen LogP contribution >= 0.6 is 0 Å². The third kappa shape index (κ3) is 5.87. The van der Waals surface area contributed by atoms with Crippen molar-refractivity contribution in [3.8, 4) is 0 Å². The highest BCUT2D eigenvalue weighted by Gasteiger charge is 2.29. The number of carbonyl (C=O) groups is 2. The van der Waals surface area contributed by atoms with Gasteiger partial charge in [-0.25, -0.2) is 9.37 Å². The fourth-order valence-electron chi connectivity index (χ4n) is 3.58. The van der Waals surface area contributed by atoms with Gasteiger partial charge in [0.2, 0.25) is 5.95 Å². The molecule has 0 spiro atoms. The lowest BCUT2D eigenvalue weighted by Gasteiger charge is -2.27. The van der Waals surface area contributed by atoms with Gasteiger partial charge in [0.05, 0.1) is 32.0 Å². The lowest BCUT2D eigenvalue weighted by atomic mass is 10.1. The molecule has 0 bridgehead atoms. The minimum Gasteiger partial charge on any atom is -0.469 e. The van der Waals surface area contributed by atoms with Crippen LogP contribution in [0.4, 0.5) is 35.0 Å². The number of H-pyrrole nitrogens is 1. The molecular formula is C22H21F4N7O3. The molecule has 0 saturated heterocycles. The molecule has 1 aromatic carbocycles. The van der Waals surface area contributed by atoms with E-state index in [1.54, 1.807) is 11.5 Å². The van der Waals surface area contributed by atoms with Crippen molar-refractivity contribution in [2.24, 2.45) is 0 Å². The van der Waals surface area contributed by atoms with E-state index in [0.29, 0.717) is 19.5 Å². The normalized spacial score (nSPS) is 13.2. The summed E-state index contributed by atoms with van der Waals surface area (Å²) in [6.45, 7) is -0.591. The summed E-state index contributed by atoms with van der Waals surface area (Å²) in [5, 5.41) is 11.5. The number of halogens is 4. The summed E-state index contributed by atoms with van der Waals surface area (Å²) in [7, 11) is 1.18. The van der Waals surface area contributed by atoms with E-state index >= 15 is 0 Å². The number of alkyl halides is 3. The summed E-state index contributed by atoms with van der Waals surface area (Å²) in [6, 6.07) is 3.87. The summed E-state index contributed by atoms with van der Waals surface area (Å²) in [5.74, 6) is -2.30. The number of nitrogens with one attached hydrogen (secondary N) is 3. The fraction of sp³-hybridized carbons (Fsp3) is 0.318. The molecule has 3 aromatic rings. The molecule has 0 atom stereocenters. The van der Waals surface area contributed by atoms with Crippen molar-refractivity contribution in [1.29, 1.82) is 0 Å². The first-order valence-corrected chi connectivity index (χ1v) is 10.7. The second-order valence-electron chi connectivity index (χ2n) is 7.96. The van der Waals surface area contributed by atoms with Gasteiger partial charge in [-0.3, -0.25) is 14.7 Å². The minimum absolute atomic E-state index is 0.0857. The number of nitrogens with zero attached hydrogens (tertiary/aromatic N) is 4. The summed E-state index contributed by atoms with van der Waals surface area (Å²) >= 11 is 0. The third-order valence-corrected chi connectivity index (χ3v) is 5.44. The van der Waals surface area contributed by atoms with Gasteiger partial charge in [0.25, 0.3) is 5.91 Å². The molecule has 10 nitrogen and oxygen atoms in total. The van der Waals surface area contributed by atoms with Crippen LogP contribution in [0.5, 0.6) is 0 Å². The quantitative estimate of drug-likeness (QED) is 0.329. The maximum absolute atomic E-state index is 14.5. The Morgan fingerprint density at radius 1 is 1.25 bits per heavy atom. The predicted molar refractivity (Wildman–Crippen MR) is 119 cm³/mol. The zero-order chi connectivity index (χ0) is 25.9. The Kier molecular flexibility index (Phi) is 7.03. The van der Waals surface area contributed by atoms with Gasteiger partial charge < -0.3 is 20.3 Å². The molecule has 0 radical (unpaired) electrons. The Hall–Kier alpha value is -4.23. The van der Waals surface area contributed by atoms with Crippen LogP contribution in [0.3, 0.4) is 0 Å². The van der Waals surface area contributed by atoms with Gasteiger partial charge in [0.15, 0.2) is 0 Å². The number of benzene rings is 1. The number of carbonyl (C=O) groups excluding carboxylic acids is 2. The maximum Gasteiger partial charge on any atom is 0.405 e. The molecule has 0 saturated carbocycles. The Morgan fingerprint density at radius 2 is 2.06 bits per heavy atom. The van der Waals surface area contributed by atoms with Gasteiger partial charge in [-0.1, -0.05) is 6.07 Å². The van der Waals surface area contributed by atoms with Crippen LogP contribution in [0, 0.1) is 5.82 Å². The highest BCUT2D eigenvalue weighted by molar-refractivity contribution is 5.99. The smallest absolute Gasteiger partial charge is 0.405 e. The molecule has 36 heavy (non-hydrogen) atoms. The molecule has 1 aliphatic heterocycles. The van der Waals surface area contributed by atoms with Crippen molar-refractivity contribution < 1.29 is 31.9 Å². The summed E-state index contributed by atoms with van der Waals surface area (Å²) in [6.07, 6.45) is -1.39. The van der Waals surface area contributed by atoms with E-state index in [4.69, 9.17) is 0 Å². The van der Waals surface area contributed by atoms with Crippen LogP contribution in [0.15, 0.2) is 30.6 Å². The van der Waals surface area contributed by atoms with Crippen molar-refractivity contribution in [2.45, 2.75) is 25.6 Å². The first kappa shape index (κ1) is 24.9. The molecule has 0 fully saturated rings. The number of anilines is 3. The van der Waals surface area contributed by atoms with Crippen LogP contribution < -0.4 is 15.5 Å². The number of amides is 1. The van der Waals surface area contributed by atoms with Gasteiger partial charge in [0.1, 0.15) is 23.7 Å². The number of hydrogen-bond donors (Lipinski definition) is 3. The van der Waals surface area contributed by atoms with Crippen LogP contribution in [-0.2, 0) is 28.9 Å². The lowest BCUT2D eigenvalue weighted by molar-refractivity contribution is -0.139. The zero-order valence-corrected chi connectivity index (χ0v) is 18.9. The fourth-order valence-corrected chi connectivity index (χ4v) is 3.58. The third-order valence-electron chi connectivity index (χ3n) is 5.44. The van der Waals surface area contributed by atoms with Gasteiger partial charge in [-0.05, 0) is 29.7 Å². The van der Waals surface area contributed by atoms with Crippen molar-refractivity contribution >= 4 is 29.3 Å². The second kappa shape index (κ2) is 10.2. The summed E-state index contributed by atoms with van der Waals surface area (Å²) < 4.78 is 57.0. The Bertz CT molecular complexity index is 1280. The SMILES string of the molecule is COC(=O)Cc1ccc(Nc2nc(N3CCc4cn[nH]c4C3)ncc2C(=O)NCC(F)(F)F)cc1F. The van der Waals surface area contributed by atoms with Gasteiger partial charge >= 0.3 is 12.1 Å². The van der Waals surface area contributed by atoms with Gasteiger partial charge in [-0.2, -0.15) is 23.3 Å². The van der Waals surface area contributed by atoms with E-state index in [2.05, 4.69) is 30.2 Å². The molecule has 0 aliphatic carbocycles. The molecule has 0 unspecified atom stereocenters. The van der Waals surface area contributed by atoms with E-state index in [9.17, 15) is 27.2 Å². The molecule has 14 heteroatoms. The number of esters is 1. The number of aromatic amines is 1. The number of fused-ring (bicyclic) bond motifs is 1. The molecule has 2 aromatic heterocycles. The van der Waals surface area contributed by atoms with E-state index in [1.165, 1.54) is 19.2 Å². The number of hydrogen-bond acceptors (Lipinski definition) is 8. The standard InChI is InChI=1S/C22H21F4N7O3/c1-36-18(34)6-12-2-3-14(7-16(12)23)30-19-15(20(35)28-11-22(24,25)26)9-27-21(31-19)33-5-4-13-8-29-32-17(13)10-33/h2-3,7-9H,4-6,10-11H2,1H3,(H,28,35)(H,29,32)(H,27,30,31). The molecule has 1 aliphatic rings. The van der Waals surface area contributed by atoms with Crippen LogP contribution in [0.1, 0.15) is 27.2 Å². The Labute approximate surface area is 202 Å². The predicted octanol–water partition coefficient (Wildman–Crippen LogP) is 2.65. The molecule has 3 heterocycles. The van der Waals surface area contributed by atoms with E-state index in [-0.39, 0.29) is 35.0 Å². The zero-order valence-electron chi connectivity index (χ0n) is 18.9. The summed E-state index contributed by atoms with van der Waals surface area (Å²) in [5.41, 5.74) is 1.90. The van der Waals surface area contributed by atoms with E-state index in [0.717, 1.165) is 23.5 Å². The Morgan fingerprint density at radius 3 is 2.78 bits per heavy atom. The number of rotatable bonds is 7. The number of methoxy groups -OCH3 is 1. The minimum atomic E-state index is -4.61. The topological polar surface area (TPSA) is 125 Å². The first-order chi connectivity index (χ1) is 17.1. The lowest BCUT2D eigenvalue weighted by Crippen LogP contribution is -2.35. The van der Waals surface area contributed by atoms with Crippen molar-refractivity contribution in [1.82, 2.24) is 25.5 Å². The maximum atomic E-state index is 14.5. The van der Waals surface area contributed by atoms with Crippen LogP contribution in [0.25, 0.3) is 0 Å². The highest BCUT2D eigenvalue weighted by atomic mass is 19.4. The van der Waals surface area contributed by atoms with E-state index < -0.39 is 30.4 Å². The average Bonchev–Trinajstić information content (AvgIpc) is 3.31. The average molecular weight is 507 g/mol. The highest BCUT2D eigenvalue weighted by Crippen LogP contribution is 2.26. The van der Waals surface area contributed by atoms with Crippen molar-refractivity contribution in [3.63, 3.8) is 0 Å². The van der Waals surface area contributed by atoms with Crippen molar-refractivity contribution in [2.75, 3.05) is 30.4 Å². The molecule has 190 valence electrons. The van der Waals surface area contributed by atoms with Gasteiger partial charge in [-0.15, -0.1) is 0 Å². The Balaban J connectivity index is 1.62. The van der Waals surface area contributed by atoms with Crippen LogP contribution in [-0.4, -0.2) is 58.4 Å². The van der Waals surface area contributed by atoms with Gasteiger partial charge in [0, 0.05) is 18.4 Å². The molecule has 1 amide bonds. The number of ether oxygens (including phenoxy) is 1. The second-order valence-corrected chi connectivity index (χ2v) is 7.96.